The van der Waals surface area contributed by atoms with E-state index in [4.69, 9.17) is 4.74 Å². The molecular weight excluding hydrogens is 364 g/mol. The fourth-order valence-corrected chi connectivity index (χ4v) is 4.41. The number of ether oxygens (including phenoxy) is 1. The molecule has 0 unspecified atom stereocenters. The Hall–Kier alpha value is -2.05. The van der Waals surface area contributed by atoms with Crippen molar-refractivity contribution in [3.63, 3.8) is 0 Å². The number of rotatable bonds is 8. The van der Waals surface area contributed by atoms with Gasteiger partial charge in [0.2, 0.25) is 5.91 Å². The van der Waals surface area contributed by atoms with Gasteiger partial charge in [0.25, 0.3) is 0 Å². The van der Waals surface area contributed by atoms with Crippen LogP contribution in [0.4, 0.5) is 5.69 Å². The zero-order valence-corrected chi connectivity index (χ0v) is 16.6. The first kappa shape index (κ1) is 18.7. The van der Waals surface area contributed by atoms with Crippen LogP contribution in [-0.4, -0.2) is 23.3 Å². The number of thiazole rings is 1. The first-order valence-corrected chi connectivity index (χ1v) is 10.5. The van der Waals surface area contributed by atoms with Gasteiger partial charge in [-0.3, -0.25) is 4.79 Å². The zero-order chi connectivity index (χ0) is 18.4. The fraction of sp³-hybridized carbons (Fsp3) is 0.300. The summed E-state index contributed by atoms with van der Waals surface area (Å²) >= 11 is 3.34. The summed E-state index contributed by atoms with van der Waals surface area (Å²) in [6.45, 7) is 4.70. The molecule has 0 radical (unpaired) electrons. The molecule has 3 rings (SSSR count). The molecule has 1 aromatic heterocycles. The van der Waals surface area contributed by atoms with E-state index in [0.717, 1.165) is 38.2 Å². The summed E-state index contributed by atoms with van der Waals surface area (Å²) in [6, 6.07) is 13.9. The Balaban J connectivity index is 1.53. The highest BCUT2D eigenvalue weighted by Crippen LogP contribution is 2.31. The highest BCUT2D eigenvalue weighted by Gasteiger charge is 2.07. The fourth-order valence-electron chi connectivity index (χ4n) is 2.42. The molecule has 0 spiro atoms. The van der Waals surface area contributed by atoms with Crippen LogP contribution >= 0.6 is 23.1 Å². The van der Waals surface area contributed by atoms with Gasteiger partial charge in [0.15, 0.2) is 4.34 Å². The van der Waals surface area contributed by atoms with Crippen LogP contribution in [0.25, 0.3) is 10.2 Å². The van der Waals surface area contributed by atoms with E-state index in [1.807, 2.05) is 49.4 Å². The van der Waals surface area contributed by atoms with Crippen LogP contribution < -0.4 is 10.1 Å². The van der Waals surface area contributed by atoms with E-state index in [2.05, 4.69) is 17.2 Å². The number of nitrogens with zero attached hydrogens (tertiary/aromatic N) is 1. The molecule has 0 aliphatic rings. The van der Waals surface area contributed by atoms with Crippen molar-refractivity contribution in [1.29, 1.82) is 0 Å². The summed E-state index contributed by atoms with van der Waals surface area (Å²) in [5.74, 6) is 1.79. The third-order valence-corrected chi connectivity index (χ3v) is 5.85. The van der Waals surface area contributed by atoms with Crippen LogP contribution in [0, 0.1) is 6.92 Å². The van der Waals surface area contributed by atoms with Crippen LogP contribution in [0.3, 0.4) is 0 Å². The number of hydrogen-bond donors (Lipinski definition) is 1. The average Bonchev–Trinajstić information content (AvgIpc) is 3.02. The van der Waals surface area contributed by atoms with Crippen molar-refractivity contribution in [2.24, 2.45) is 0 Å². The predicted octanol–water partition coefficient (Wildman–Crippen LogP) is 5.51. The number of carbonyl (C=O) groups is 1. The lowest BCUT2D eigenvalue weighted by Gasteiger charge is -2.05. The predicted molar refractivity (Wildman–Crippen MR) is 111 cm³/mol. The van der Waals surface area contributed by atoms with Crippen molar-refractivity contribution in [2.75, 3.05) is 17.7 Å². The summed E-state index contributed by atoms with van der Waals surface area (Å²) in [5, 5.41) is 2.93. The number of carbonyl (C=O) groups excluding carboxylic acids is 1. The molecule has 0 bridgehead atoms. The highest BCUT2D eigenvalue weighted by molar-refractivity contribution is 8.01. The van der Waals surface area contributed by atoms with E-state index in [0.29, 0.717) is 13.0 Å². The zero-order valence-electron chi connectivity index (χ0n) is 15.0. The summed E-state index contributed by atoms with van der Waals surface area (Å²) in [5.41, 5.74) is 3.02. The van der Waals surface area contributed by atoms with Crippen molar-refractivity contribution in [3.8, 4) is 5.75 Å². The van der Waals surface area contributed by atoms with E-state index >= 15 is 0 Å². The molecule has 0 aliphatic carbocycles. The van der Waals surface area contributed by atoms with E-state index in [1.54, 1.807) is 23.1 Å². The summed E-state index contributed by atoms with van der Waals surface area (Å²) < 4.78 is 7.85. The molecule has 1 amide bonds. The molecule has 1 heterocycles. The van der Waals surface area contributed by atoms with Crippen LogP contribution in [-0.2, 0) is 4.79 Å². The highest BCUT2D eigenvalue weighted by atomic mass is 32.2. The minimum Gasteiger partial charge on any atom is -0.493 e. The monoisotopic (exact) mass is 386 g/mol. The Kier molecular flexibility index (Phi) is 6.52. The van der Waals surface area contributed by atoms with Gasteiger partial charge in [0, 0.05) is 17.9 Å². The Morgan fingerprint density at radius 2 is 2.04 bits per heavy atom. The van der Waals surface area contributed by atoms with E-state index in [-0.39, 0.29) is 5.91 Å². The normalized spacial score (nSPS) is 10.8. The van der Waals surface area contributed by atoms with Gasteiger partial charge in [-0.1, -0.05) is 36.4 Å². The lowest BCUT2D eigenvalue weighted by Crippen LogP contribution is -2.10. The molecule has 0 saturated heterocycles. The van der Waals surface area contributed by atoms with Crippen molar-refractivity contribution in [3.05, 3.63) is 48.0 Å². The van der Waals surface area contributed by atoms with Crippen LogP contribution in [0.5, 0.6) is 5.75 Å². The largest absolute Gasteiger partial charge is 0.493 e. The van der Waals surface area contributed by atoms with Crippen LogP contribution in [0.15, 0.2) is 46.8 Å². The molecule has 26 heavy (non-hydrogen) atoms. The Bertz CT molecular complexity index is 875. The number of fused-ring (bicyclic) bond motifs is 1. The van der Waals surface area contributed by atoms with Crippen molar-refractivity contribution >= 4 is 44.9 Å². The number of anilines is 1. The maximum absolute atomic E-state index is 11.7. The molecular formula is C20H22N2O2S2. The molecule has 0 fully saturated rings. The van der Waals surface area contributed by atoms with E-state index in [9.17, 15) is 4.79 Å². The van der Waals surface area contributed by atoms with Gasteiger partial charge in [0.1, 0.15) is 5.75 Å². The first-order valence-electron chi connectivity index (χ1n) is 8.67. The lowest BCUT2D eigenvalue weighted by molar-refractivity contribution is -0.116. The van der Waals surface area contributed by atoms with Gasteiger partial charge < -0.3 is 10.1 Å². The maximum atomic E-state index is 11.7. The molecule has 0 atom stereocenters. The van der Waals surface area contributed by atoms with Gasteiger partial charge >= 0.3 is 0 Å². The molecule has 0 saturated carbocycles. The molecule has 4 nitrogen and oxygen atoms in total. The van der Waals surface area contributed by atoms with E-state index in [1.165, 1.54) is 5.56 Å². The van der Waals surface area contributed by atoms with Gasteiger partial charge in [0.05, 0.1) is 16.8 Å². The second-order valence-corrected chi connectivity index (χ2v) is 8.34. The third kappa shape index (κ3) is 5.22. The van der Waals surface area contributed by atoms with Crippen LogP contribution in [0.2, 0.25) is 0 Å². The average molecular weight is 387 g/mol. The molecule has 2 aromatic carbocycles. The molecule has 0 aliphatic heterocycles. The van der Waals surface area contributed by atoms with Crippen molar-refractivity contribution in [1.82, 2.24) is 4.98 Å². The first-order chi connectivity index (χ1) is 12.6. The Labute approximate surface area is 162 Å². The van der Waals surface area contributed by atoms with Gasteiger partial charge in [-0.15, -0.1) is 11.3 Å². The maximum Gasteiger partial charge on any atom is 0.224 e. The number of aromatic nitrogens is 1. The molecule has 3 aromatic rings. The van der Waals surface area contributed by atoms with Gasteiger partial charge in [-0.05, 0) is 43.7 Å². The SMILES string of the molecule is CCCC(=O)Nc1ccc2nc(SCCOc3ccc(C)cc3)sc2c1. The standard InChI is InChI=1S/C20H22N2O2S2/c1-3-4-19(23)21-15-7-10-17-18(13-15)26-20(22-17)25-12-11-24-16-8-5-14(2)6-9-16/h5-10,13H,3-4,11-12H2,1-2H3,(H,21,23). The number of benzene rings is 2. The van der Waals surface area contributed by atoms with Crippen LogP contribution in [0.1, 0.15) is 25.3 Å². The molecule has 136 valence electrons. The Morgan fingerprint density at radius 3 is 2.81 bits per heavy atom. The Morgan fingerprint density at radius 1 is 1.23 bits per heavy atom. The molecule has 1 N–H and O–H groups in total. The van der Waals surface area contributed by atoms with Crippen molar-refractivity contribution < 1.29 is 9.53 Å². The second-order valence-electron chi connectivity index (χ2n) is 5.97. The summed E-state index contributed by atoms with van der Waals surface area (Å²) in [6.07, 6.45) is 1.39. The minimum atomic E-state index is 0.0548. The number of hydrogen-bond acceptors (Lipinski definition) is 5. The number of thioether (sulfide) groups is 1. The summed E-state index contributed by atoms with van der Waals surface area (Å²) in [7, 11) is 0. The summed E-state index contributed by atoms with van der Waals surface area (Å²) in [4.78, 5) is 16.4. The van der Waals surface area contributed by atoms with Gasteiger partial charge in [-0.25, -0.2) is 4.98 Å². The van der Waals surface area contributed by atoms with Gasteiger partial charge in [-0.2, -0.15) is 0 Å². The lowest BCUT2D eigenvalue weighted by atomic mass is 10.2. The topological polar surface area (TPSA) is 51.2 Å². The smallest absolute Gasteiger partial charge is 0.224 e. The van der Waals surface area contributed by atoms with E-state index < -0.39 is 0 Å². The van der Waals surface area contributed by atoms with Crippen molar-refractivity contribution in [2.45, 2.75) is 31.0 Å². The minimum absolute atomic E-state index is 0.0548. The number of amides is 1. The third-order valence-electron chi connectivity index (χ3n) is 3.73. The number of aryl methyl sites for hydroxylation is 1. The second kappa shape index (κ2) is 9.05. The quantitative estimate of drug-likeness (QED) is 0.409. The molecule has 6 heteroatoms. The number of nitrogens with one attached hydrogen (secondary N) is 1.